The van der Waals surface area contributed by atoms with Crippen LogP contribution in [-0.4, -0.2) is 24.6 Å². The zero-order chi connectivity index (χ0) is 16.9. The van der Waals surface area contributed by atoms with Gasteiger partial charge < -0.3 is 14.8 Å². The van der Waals surface area contributed by atoms with Gasteiger partial charge in [0.15, 0.2) is 6.61 Å². The van der Waals surface area contributed by atoms with E-state index in [2.05, 4.69) is 10.3 Å². The lowest BCUT2D eigenvalue weighted by Crippen LogP contribution is -2.20. The summed E-state index contributed by atoms with van der Waals surface area (Å²) in [6.45, 7) is 1.88. The number of para-hydroxylation sites is 1. The molecule has 5 heteroatoms. The summed E-state index contributed by atoms with van der Waals surface area (Å²) >= 11 is 0. The van der Waals surface area contributed by atoms with E-state index >= 15 is 0 Å². The second-order valence-electron chi connectivity index (χ2n) is 5.32. The van der Waals surface area contributed by atoms with Crippen LogP contribution in [0.5, 0.6) is 11.5 Å². The number of nitrogens with zero attached hydrogens (tertiary/aromatic N) is 1. The molecule has 24 heavy (non-hydrogen) atoms. The Morgan fingerprint density at radius 3 is 2.71 bits per heavy atom. The number of methoxy groups -OCH3 is 1. The zero-order valence-electron chi connectivity index (χ0n) is 13.6. The van der Waals surface area contributed by atoms with Crippen molar-refractivity contribution in [3.63, 3.8) is 0 Å². The molecule has 0 spiro atoms. The fraction of sp³-hybridized carbons (Fsp3) is 0.158. The van der Waals surface area contributed by atoms with Gasteiger partial charge in [-0.15, -0.1) is 0 Å². The minimum absolute atomic E-state index is 0.0569. The Morgan fingerprint density at radius 1 is 1.08 bits per heavy atom. The summed E-state index contributed by atoms with van der Waals surface area (Å²) in [4.78, 5) is 16.5. The molecule has 0 bridgehead atoms. The van der Waals surface area contributed by atoms with E-state index in [-0.39, 0.29) is 12.5 Å². The summed E-state index contributed by atoms with van der Waals surface area (Å²) in [7, 11) is 1.59. The molecule has 1 amide bonds. The Labute approximate surface area is 140 Å². The third kappa shape index (κ3) is 3.30. The predicted molar refractivity (Wildman–Crippen MR) is 93.6 cm³/mol. The molecule has 0 aliphatic heterocycles. The molecule has 1 N–H and O–H groups in total. The summed E-state index contributed by atoms with van der Waals surface area (Å²) in [6.07, 6.45) is 1.69. The topological polar surface area (TPSA) is 60.5 Å². The minimum Gasteiger partial charge on any atom is -0.494 e. The number of hydrogen-bond acceptors (Lipinski definition) is 4. The Hall–Kier alpha value is -3.08. The molecule has 0 atom stereocenters. The highest BCUT2D eigenvalue weighted by molar-refractivity contribution is 6.03. The van der Waals surface area contributed by atoms with E-state index in [1.807, 2.05) is 43.3 Å². The fourth-order valence-corrected chi connectivity index (χ4v) is 2.47. The number of fused-ring (bicyclic) bond motifs is 1. The molecule has 0 saturated heterocycles. The molecule has 3 rings (SSSR count). The Balaban J connectivity index is 1.75. The van der Waals surface area contributed by atoms with Gasteiger partial charge in [0.05, 0.1) is 12.8 Å². The first kappa shape index (κ1) is 15.8. The van der Waals surface area contributed by atoms with Crippen molar-refractivity contribution in [3.8, 4) is 11.5 Å². The summed E-state index contributed by atoms with van der Waals surface area (Å²) < 4.78 is 10.9. The van der Waals surface area contributed by atoms with Gasteiger partial charge in [-0.1, -0.05) is 18.2 Å². The van der Waals surface area contributed by atoms with Gasteiger partial charge in [0, 0.05) is 11.6 Å². The van der Waals surface area contributed by atoms with Crippen LogP contribution in [0.3, 0.4) is 0 Å². The van der Waals surface area contributed by atoms with E-state index in [4.69, 9.17) is 9.47 Å². The van der Waals surface area contributed by atoms with Crippen LogP contribution in [0.2, 0.25) is 0 Å². The number of rotatable bonds is 5. The Morgan fingerprint density at radius 2 is 1.92 bits per heavy atom. The van der Waals surface area contributed by atoms with Crippen LogP contribution in [0.4, 0.5) is 5.69 Å². The molecule has 0 fully saturated rings. The number of benzene rings is 2. The van der Waals surface area contributed by atoms with Gasteiger partial charge in [-0.05, 0) is 42.8 Å². The number of amides is 1. The van der Waals surface area contributed by atoms with Crippen molar-refractivity contribution in [1.29, 1.82) is 0 Å². The first-order chi connectivity index (χ1) is 11.7. The number of carbonyl (C=O) groups is 1. The summed E-state index contributed by atoms with van der Waals surface area (Å²) in [5, 5.41) is 3.69. The average Bonchev–Trinajstić information content (AvgIpc) is 2.61. The van der Waals surface area contributed by atoms with Crippen molar-refractivity contribution in [2.75, 3.05) is 19.0 Å². The van der Waals surface area contributed by atoms with Crippen LogP contribution < -0.4 is 14.8 Å². The molecule has 5 nitrogen and oxygen atoms in total. The lowest BCUT2D eigenvalue weighted by atomic mass is 10.1. The van der Waals surface area contributed by atoms with Gasteiger partial charge in [0.1, 0.15) is 17.0 Å². The quantitative estimate of drug-likeness (QED) is 0.780. The van der Waals surface area contributed by atoms with Crippen LogP contribution in [0, 0.1) is 6.92 Å². The SMILES string of the molecule is COc1ccc(NC(=O)COc2ccccc2C)c2cccnc12. The molecule has 2 aromatic carbocycles. The van der Waals surface area contributed by atoms with Gasteiger partial charge in [0.25, 0.3) is 5.91 Å². The number of carbonyl (C=O) groups excluding carboxylic acids is 1. The molecule has 122 valence electrons. The maximum absolute atomic E-state index is 12.2. The second kappa shape index (κ2) is 7.00. The molecule has 3 aromatic rings. The van der Waals surface area contributed by atoms with Crippen LogP contribution in [0.1, 0.15) is 5.56 Å². The van der Waals surface area contributed by atoms with E-state index in [1.54, 1.807) is 25.4 Å². The minimum atomic E-state index is -0.228. The first-order valence-electron chi connectivity index (χ1n) is 7.59. The first-order valence-corrected chi connectivity index (χ1v) is 7.59. The van der Waals surface area contributed by atoms with Crippen molar-refractivity contribution in [2.45, 2.75) is 6.92 Å². The number of pyridine rings is 1. The van der Waals surface area contributed by atoms with Crippen molar-refractivity contribution in [3.05, 3.63) is 60.3 Å². The Bertz CT molecular complexity index is 877. The largest absolute Gasteiger partial charge is 0.494 e. The van der Waals surface area contributed by atoms with Gasteiger partial charge in [-0.2, -0.15) is 0 Å². The molecule has 0 aliphatic rings. The van der Waals surface area contributed by atoms with Crippen LogP contribution >= 0.6 is 0 Å². The van der Waals surface area contributed by atoms with E-state index < -0.39 is 0 Å². The van der Waals surface area contributed by atoms with Crippen LogP contribution in [0.15, 0.2) is 54.7 Å². The molecule has 0 radical (unpaired) electrons. The number of ether oxygens (including phenoxy) is 2. The summed E-state index contributed by atoms with van der Waals surface area (Å²) in [6, 6.07) is 14.9. The highest BCUT2D eigenvalue weighted by Gasteiger charge is 2.11. The Kier molecular flexibility index (Phi) is 4.61. The van der Waals surface area contributed by atoms with E-state index in [0.29, 0.717) is 22.7 Å². The highest BCUT2D eigenvalue weighted by Crippen LogP contribution is 2.29. The van der Waals surface area contributed by atoms with E-state index in [1.165, 1.54) is 0 Å². The molecule has 0 saturated carbocycles. The summed E-state index contributed by atoms with van der Waals surface area (Å²) in [5.74, 6) is 1.14. The highest BCUT2D eigenvalue weighted by atomic mass is 16.5. The van der Waals surface area contributed by atoms with Crippen LogP contribution in [-0.2, 0) is 4.79 Å². The van der Waals surface area contributed by atoms with Gasteiger partial charge in [-0.25, -0.2) is 0 Å². The number of hydrogen-bond donors (Lipinski definition) is 1. The predicted octanol–water partition coefficient (Wildman–Crippen LogP) is 3.57. The number of anilines is 1. The van der Waals surface area contributed by atoms with Gasteiger partial charge in [0.2, 0.25) is 0 Å². The third-order valence-electron chi connectivity index (χ3n) is 3.68. The number of aryl methyl sites for hydroxylation is 1. The molecule has 1 heterocycles. The lowest BCUT2D eigenvalue weighted by molar-refractivity contribution is -0.118. The summed E-state index contributed by atoms with van der Waals surface area (Å²) in [5.41, 5.74) is 2.37. The standard InChI is InChI=1S/C19H18N2O3/c1-13-6-3-4-8-16(13)24-12-18(22)21-15-9-10-17(23-2)19-14(15)7-5-11-20-19/h3-11H,12H2,1-2H3,(H,21,22). The van der Waals surface area contributed by atoms with Gasteiger partial charge in [-0.3, -0.25) is 9.78 Å². The van der Waals surface area contributed by atoms with Crippen molar-refractivity contribution < 1.29 is 14.3 Å². The van der Waals surface area contributed by atoms with Gasteiger partial charge >= 0.3 is 0 Å². The van der Waals surface area contributed by atoms with E-state index in [9.17, 15) is 4.79 Å². The normalized spacial score (nSPS) is 10.4. The van der Waals surface area contributed by atoms with Crippen LogP contribution in [0.25, 0.3) is 10.9 Å². The number of nitrogens with one attached hydrogen (secondary N) is 1. The number of aromatic nitrogens is 1. The van der Waals surface area contributed by atoms with Crippen molar-refractivity contribution >= 4 is 22.5 Å². The van der Waals surface area contributed by atoms with Crippen molar-refractivity contribution in [2.24, 2.45) is 0 Å². The lowest BCUT2D eigenvalue weighted by Gasteiger charge is -2.12. The molecule has 0 unspecified atom stereocenters. The van der Waals surface area contributed by atoms with Crippen molar-refractivity contribution in [1.82, 2.24) is 4.98 Å². The monoisotopic (exact) mass is 322 g/mol. The third-order valence-corrected chi connectivity index (χ3v) is 3.68. The molecule has 1 aromatic heterocycles. The zero-order valence-corrected chi connectivity index (χ0v) is 13.6. The smallest absolute Gasteiger partial charge is 0.262 e. The molecular formula is C19H18N2O3. The fourth-order valence-electron chi connectivity index (χ4n) is 2.47. The second-order valence-corrected chi connectivity index (χ2v) is 5.32. The van der Waals surface area contributed by atoms with E-state index in [0.717, 1.165) is 10.9 Å². The molecule has 0 aliphatic carbocycles. The average molecular weight is 322 g/mol. The molecular weight excluding hydrogens is 304 g/mol. The maximum atomic E-state index is 12.2. The maximum Gasteiger partial charge on any atom is 0.262 e.